The molecule has 23 heavy (non-hydrogen) atoms. The third-order valence-electron chi connectivity index (χ3n) is 3.95. The molecule has 5 nitrogen and oxygen atoms in total. The van der Waals surface area contributed by atoms with Crippen molar-refractivity contribution < 1.29 is 9.18 Å². The van der Waals surface area contributed by atoms with Crippen LogP contribution < -0.4 is 11.1 Å². The highest BCUT2D eigenvalue weighted by Gasteiger charge is 2.29. The summed E-state index contributed by atoms with van der Waals surface area (Å²) in [4.78, 5) is 17.8. The van der Waals surface area contributed by atoms with Crippen LogP contribution in [-0.2, 0) is 11.3 Å². The Balaban J connectivity index is 2.88. The molecule has 0 fully saturated rings. The van der Waals surface area contributed by atoms with E-state index in [1.807, 2.05) is 27.7 Å². The number of halogens is 1. The zero-order valence-electron chi connectivity index (χ0n) is 14.6. The topological polar surface area (TPSA) is 70.7 Å². The number of carbonyl (C=O) groups is 1. The van der Waals surface area contributed by atoms with Gasteiger partial charge in [-0.15, -0.1) is 0 Å². The number of rotatable bonds is 6. The van der Waals surface area contributed by atoms with E-state index in [0.29, 0.717) is 12.0 Å². The molecule has 3 N–H and O–H groups in total. The quantitative estimate of drug-likeness (QED) is 0.625. The maximum absolute atomic E-state index is 13.8. The number of amides is 1. The Labute approximate surface area is 137 Å². The number of nitrogens with one attached hydrogen (secondary N) is 1. The molecule has 1 amide bonds. The number of hydrogen-bond donors (Lipinski definition) is 2. The first-order valence-corrected chi connectivity index (χ1v) is 7.83. The van der Waals surface area contributed by atoms with E-state index in [0.717, 1.165) is 12.2 Å². The average molecular weight is 322 g/mol. The van der Waals surface area contributed by atoms with Gasteiger partial charge in [0.1, 0.15) is 5.82 Å². The first kappa shape index (κ1) is 18.9. The number of aliphatic imine (C=N–C) groups is 1. The van der Waals surface area contributed by atoms with E-state index in [2.05, 4.69) is 10.3 Å². The van der Waals surface area contributed by atoms with Crippen LogP contribution in [0.2, 0.25) is 0 Å². The molecule has 0 unspecified atom stereocenters. The molecule has 0 aliphatic carbocycles. The summed E-state index contributed by atoms with van der Waals surface area (Å²) in [6, 6.07) is 4.77. The molecule has 0 bridgehead atoms. The number of anilines is 1. The third kappa shape index (κ3) is 4.94. The smallest absolute Gasteiger partial charge is 0.234 e. The molecule has 0 aromatic heterocycles. The minimum Gasteiger partial charge on any atom is -0.385 e. The highest BCUT2D eigenvalue weighted by atomic mass is 19.1. The fraction of sp³-hybridized carbons (Fsp3) is 0.529. The van der Waals surface area contributed by atoms with Gasteiger partial charge in [-0.2, -0.15) is 0 Å². The van der Waals surface area contributed by atoms with Gasteiger partial charge in [-0.1, -0.05) is 20.8 Å². The van der Waals surface area contributed by atoms with Gasteiger partial charge in [0.05, 0.1) is 6.54 Å². The zero-order valence-corrected chi connectivity index (χ0v) is 14.6. The molecule has 1 aromatic carbocycles. The van der Waals surface area contributed by atoms with Crippen LogP contribution in [0.25, 0.3) is 0 Å². The highest BCUT2D eigenvalue weighted by molar-refractivity contribution is 5.98. The average Bonchev–Trinajstić information content (AvgIpc) is 2.53. The molecular weight excluding hydrogens is 295 g/mol. The Kier molecular flexibility index (Phi) is 6.54. The maximum atomic E-state index is 13.8. The van der Waals surface area contributed by atoms with Gasteiger partial charge in [0, 0.05) is 30.3 Å². The number of benzene rings is 1. The van der Waals surface area contributed by atoms with Gasteiger partial charge in [0.25, 0.3) is 0 Å². The lowest BCUT2D eigenvalue weighted by molar-refractivity contribution is -0.135. The lowest BCUT2D eigenvalue weighted by Gasteiger charge is -2.27. The summed E-state index contributed by atoms with van der Waals surface area (Å²) in [5, 5.41) is 3.12. The minimum absolute atomic E-state index is 0.0844. The van der Waals surface area contributed by atoms with E-state index in [1.54, 1.807) is 19.2 Å². The molecule has 0 heterocycles. The third-order valence-corrected chi connectivity index (χ3v) is 3.95. The van der Waals surface area contributed by atoms with E-state index >= 15 is 0 Å². The van der Waals surface area contributed by atoms with Crippen molar-refractivity contribution >= 4 is 17.6 Å². The number of carbonyl (C=O) groups excluding carboxylic acids is 1. The Morgan fingerprint density at radius 2 is 2.04 bits per heavy atom. The summed E-state index contributed by atoms with van der Waals surface area (Å²) in [5.74, 6) is -0.362. The van der Waals surface area contributed by atoms with Gasteiger partial charge in [0.15, 0.2) is 5.96 Å². The Hall–Kier alpha value is -2.11. The second-order valence-electron chi connectivity index (χ2n) is 6.11. The normalized spacial score (nSPS) is 12.2. The van der Waals surface area contributed by atoms with Crippen molar-refractivity contribution in [2.75, 3.05) is 18.9 Å². The lowest BCUT2D eigenvalue weighted by atomic mass is 9.89. The molecule has 0 radical (unpaired) electrons. The minimum atomic E-state index is -0.509. The predicted molar refractivity (Wildman–Crippen MR) is 92.7 cm³/mol. The summed E-state index contributed by atoms with van der Waals surface area (Å²) < 4.78 is 13.8. The van der Waals surface area contributed by atoms with Crippen molar-refractivity contribution in [3.8, 4) is 0 Å². The fourth-order valence-electron chi connectivity index (χ4n) is 1.99. The van der Waals surface area contributed by atoms with Crippen LogP contribution in [0.4, 0.5) is 10.1 Å². The fourth-order valence-corrected chi connectivity index (χ4v) is 1.99. The predicted octanol–water partition coefficient (Wildman–Crippen LogP) is 2.97. The van der Waals surface area contributed by atoms with Crippen molar-refractivity contribution in [2.45, 2.75) is 40.7 Å². The summed E-state index contributed by atoms with van der Waals surface area (Å²) in [6.45, 7) is 8.47. The second kappa shape index (κ2) is 7.94. The molecule has 1 aromatic rings. The second-order valence-corrected chi connectivity index (χ2v) is 6.11. The number of nitrogens with zero attached hydrogens (tertiary/aromatic N) is 2. The van der Waals surface area contributed by atoms with Crippen LogP contribution in [0.3, 0.4) is 0 Å². The zero-order chi connectivity index (χ0) is 17.6. The van der Waals surface area contributed by atoms with Crippen LogP contribution >= 0.6 is 0 Å². The standard InChI is InChI=1S/C17H27FN4O/c1-6-17(3,4)15(23)22(5)16(19)21-11-12-10-13(20-7-2)8-9-14(12)18/h8-10,20H,6-7,11H2,1-5H3,(H2,19,21). The van der Waals surface area contributed by atoms with Gasteiger partial charge in [0.2, 0.25) is 5.91 Å². The van der Waals surface area contributed by atoms with Crippen molar-refractivity contribution in [1.29, 1.82) is 0 Å². The molecule has 0 atom stereocenters. The van der Waals surface area contributed by atoms with Crippen molar-refractivity contribution in [1.82, 2.24) is 4.90 Å². The van der Waals surface area contributed by atoms with Gasteiger partial charge in [-0.3, -0.25) is 9.69 Å². The van der Waals surface area contributed by atoms with E-state index in [4.69, 9.17) is 5.73 Å². The Morgan fingerprint density at radius 1 is 1.39 bits per heavy atom. The monoisotopic (exact) mass is 322 g/mol. The Morgan fingerprint density at radius 3 is 2.61 bits per heavy atom. The largest absolute Gasteiger partial charge is 0.385 e. The van der Waals surface area contributed by atoms with Crippen molar-refractivity contribution in [3.63, 3.8) is 0 Å². The van der Waals surface area contributed by atoms with Crippen LogP contribution in [0.5, 0.6) is 0 Å². The van der Waals surface area contributed by atoms with Crippen LogP contribution in [0.1, 0.15) is 39.7 Å². The Bertz CT molecular complexity index is 584. The van der Waals surface area contributed by atoms with Crippen LogP contribution in [-0.4, -0.2) is 30.4 Å². The van der Waals surface area contributed by atoms with E-state index in [-0.39, 0.29) is 24.2 Å². The van der Waals surface area contributed by atoms with E-state index in [1.165, 1.54) is 11.0 Å². The highest BCUT2D eigenvalue weighted by Crippen LogP contribution is 2.22. The molecule has 6 heteroatoms. The molecule has 0 aliphatic rings. The molecule has 0 saturated heterocycles. The first-order valence-electron chi connectivity index (χ1n) is 7.83. The summed E-state index contributed by atoms with van der Waals surface area (Å²) in [7, 11) is 1.59. The van der Waals surface area contributed by atoms with Crippen LogP contribution in [0, 0.1) is 11.2 Å². The SMILES string of the molecule is CCNc1ccc(F)c(CN=C(N)N(C)C(=O)C(C)(C)CC)c1. The van der Waals surface area contributed by atoms with Crippen LogP contribution in [0.15, 0.2) is 23.2 Å². The van der Waals surface area contributed by atoms with Gasteiger partial charge < -0.3 is 11.1 Å². The molecular formula is C17H27FN4O. The summed E-state index contributed by atoms with van der Waals surface area (Å²) in [6.07, 6.45) is 0.697. The molecule has 0 aliphatic heterocycles. The van der Waals surface area contributed by atoms with Crippen molar-refractivity contribution in [2.24, 2.45) is 16.1 Å². The number of hydrogen-bond acceptors (Lipinski definition) is 3. The molecule has 0 saturated carbocycles. The number of guanidine groups is 1. The maximum Gasteiger partial charge on any atom is 0.234 e. The first-order chi connectivity index (χ1) is 10.7. The molecule has 0 spiro atoms. The van der Waals surface area contributed by atoms with Gasteiger partial charge in [-0.25, -0.2) is 9.38 Å². The van der Waals surface area contributed by atoms with E-state index in [9.17, 15) is 9.18 Å². The van der Waals surface area contributed by atoms with Gasteiger partial charge >= 0.3 is 0 Å². The molecule has 128 valence electrons. The summed E-state index contributed by atoms with van der Waals surface area (Å²) in [5.41, 5.74) is 6.63. The lowest BCUT2D eigenvalue weighted by Crippen LogP contribution is -2.45. The summed E-state index contributed by atoms with van der Waals surface area (Å²) >= 11 is 0. The van der Waals surface area contributed by atoms with E-state index < -0.39 is 5.41 Å². The number of nitrogens with two attached hydrogens (primary N) is 1. The van der Waals surface area contributed by atoms with Gasteiger partial charge in [-0.05, 0) is 31.5 Å². The van der Waals surface area contributed by atoms with Crippen molar-refractivity contribution in [3.05, 3.63) is 29.6 Å². The molecule has 1 rings (SSSR count).